The van der Waals surface area contributed by atoms with Crippen LogP contribution in [0.1, 0.15) is 22.6 Å². The zero-order valence-corrected chi connectivity index (χ0v) is 10.7. The minimum absolute atomic E-state index is 0.0559. The normalized spacial score (nSPS) is 17.7. The molecule has 0 fully saturated rings. The Labute approximate surface area is 111 Å². The van der Waals surface area contributed by atoms with E-state index in [0.29, 0.717) is 12.0 Å². The van der Waals surface area contributed by atoms with Gasteiger partial charge < -0.3 is 10.4 Å². The summed E-state index contributed by atoms with van der Waals surface area (Å²) >= 11 is 0. The van der Waals surface area contributed by atoms with Crippen molar-refractivity contribution in [1.29, 1.82) is 0 Å². The van der Waals surface area contributed by atoms with Gasteiger partial charge in [-0.1, -0.05) is 35.9 Å². The quantitative estimate of drug-likeness (QED) is 0.820. The lowest BCUT2D eigenvalue weighted by Crippen LogP contribution is -2.28. The van der Waals surface area contributed by atoms with Crippen LogP contribution in [-0.2, 0) is 11.2 Å². The predicted molar refractivity (Wildman–Crippen MR) is 74.4 cm³/mol. The molecule has 0 aromatic heterocycles. The number of fused-ring (bicyclic) bond motifs is 1. The number of carbonyl (C=O) groups is 1. The van der Waals surface area contributed by atoms with Gasteiger partial charge in [-0.2, -0.15) is 0 Å². The van der Waals surface area contributed by atoms with Gasteiger partial charge in [0, 0.05) is 11.3 Å². The van der Waals surface area contributed by atoms with Crippen LogP contribution >= 0.6 is 0 Å². The SMILES string of the molecule is Cc1ccc(O)c(C2Cc3ccccc3NC2=O)c1. The molecule has 3 rings (SSSR count). The van der Waals surface area contributed by atoms with Crippen molar-refractivity contribution in [3.63, 3.8) is 0 Å². The smallest absolute Gasteiger partial charge is 0.232 e. The Bertz CT molecular complexity index is 649. The van der Waals surface area contributed by atoms with Gasteiger partial charge in [0.1, 0.15) is 5.75 Å². The molecule has 0 saturated heterocycles. The van der Waals surface area contributed by atoms with Crippen LogP contribution in [0.2, 0.25) is 0 Å². The Balaban J connectivity index is 2.03. The molecular formula is C16H15NO2. The zero-order chi connectivity index (χ0) is 13.4. The van der Waals surface area contributed by atoms with Gasteiger partial charge in [-0.3, -0.25) is 4.79 Å². The van der Waals surface area contributed by atoms with Crippen molar-refractivity contribution in [2.24, 2.45) is 0 Å². The maximum atomic E-state index is 12.2. The average molecular weight is 253 g/mol. The molecule has 0 saturated carbocycles. The first kappa shape index (κ1) is 11.8. The Kier molecular flexibility index (Phi) is 2.75. The predicted octanol–water partition coefficient (Wildman–Crippen LogP) is 2.98. The van der Waals surface area contributed by atoms with Gasteiger partial charge in [-0.05, 0) is 31.0 Å². The van der Waals surface area contributed by atoms with E-state index in [9.17, 15) is 9.90 Å². The largest absolute Gasteiger partial charge is 0.508 e. The standard InChI is InChI=1S/C16H15NO2/c1-10-6-7-15(18)12(8-10)13-9-11-4-2-3-5-14(11)17-16(13)19/h2-8,13,18H,9H2,1H3,(H,17,19). The first-order valence-corrected chi connectivity index (χ1v) is 6.33. The molecule has 1 aliphatic rings. The van der Waals surface area contributed by atoms with Gasteiger partial charge in [0.15, 0.2) is 0 Å². The summed E-state index contributed by atoms with van der Waals surface area (Å²) in [6.07, 6.45) is 0.624. The van der Waals surface area contributed by atoms with Crippen molar-refractivity contribution in [2.75, 3.05) is 5.32 Å². The lowest BCUT2D eigenvalue weighted by molar-refractivity contribution is -0.117. The van der Waals surface area contributed by atoms with E-state index in [1.165, 1.54) is 0 Å². The topological polar surface area (TPSA) is 49.3 Å². The second-order valence-electron chi connectivity index (χ2n) is 4.97. The molecule has 96 valence electrons. The minimum atomic E-state index is -0.324. The number of amides is 1. The van der Waals surface area contributed by atoms with Crippen LogP contribution in [-0.4, -0.2) is 11.0 Å². The zero-order valence-electron chi connectivity index (χ0n) is 10.7. The number of phenols is 1. The number of hydrogen-bond donors (Lipinski definition) is 2. The highest BCUT2D eigenvalue weighted by Crippen LogP contribution is 2.35. The van der Waals surface area contributed by atoms with E-state index in [2.05, 4.69) is 5.32 Å². The molecule has 1 atom stereocenters. The van der Waals surface area contributed by atoms with Crippen LogP contribution in [0.3, 0.4) is 0 Å². The number of benzene rings is 2. The van der Waals surface area contributed by atoms with Crippen molar-refractivity contribution < 1.29 is 9.90 Å². The van der Waals surface area contributed by atoms with Crippen LogP contribution in [0.4, 0.5) is 5.69 Å². The maximum Gasteiger partial charge on any atom is 0.232 e. The number of anilines is 1. The van der Waals surface area contributed by atoms with Crippen LogP contribution in [0.25, 0.3) is 0 Å². The molecule has 1 unspecified atom stereocenters. The third-order valence-corrected chi connectivity index (χ3v) is 3.57. The number of rotatable bonds is 1. The van der Waals surface area contributed by atoms with Gasteiger partial charge in [0.2, 0.25) is 5.91 Å². The molecule has 2 aromatic rings. The van der Waals surface area contributed by atoms with Crippen LogP contribution in [0.15, 0.2) is 42.5 Å². The highest BCUT2D eigenvalue weighted by molar-refractivity contribution is 5.99. The fourth-order valence-electron chi connectivity index (χ4n) is 2.56. The number of para-hydroxylation sites is 1. The van der Waals surface area contributed by atoms with E-state index < -0.39 is 0 Å². The van der Waals surface area contributed by atoms with E-state index in [0.717, 1.165) is 16.8 Å². The second kappa shape index (κ2) is 4.43. The molecule has 0 radical (unpaired) electrons. The van der Waals surface area contributed by atoms with Gasteiger partial charge in [-0.15, -0.1) is 0 Å². The molecular weight excluding hydrogens is 238 g/mol. The number of carbonyl (C=O) groups excluding carboxylic acids is 1. The van der Waals surface area contributed by atoms with Crippen LogP contribution < -0.4 is 5.32 Å². The Morgan fingerprint density at radius 2 is 2.00 bits per heavy atom. The molecule has 3 nitrogen and oxygen atoms in total. The fourth-order valence-corrected chi connectivity index (χ4v) is 2.56. The molecule has 2 N–H and O–H groups in total. The molecule has 1 amide bonds. The number of phenolic OH excluding ortho intramolecular Hbond substituents is 1. The van der Waals surface area contributed by atoms with Gasteiger partial charge in [0.05, 0.1) is 5.92 Å². The monoisotopic (exact) mass is 253 g/mol. The van der Waals surface area contributed by atoms with Crippen molar-refractivity contribution in [1.82, 2.24) is 0 Å². The first-order valence-electron chi connectivity index (χ1n) is 6.33. The number of aryl methyl sites for hydroxylation is 1. The highest BCUT2D eigenvalue weighted by Gasteiger charge is 2.29. The molecule has 1 heterocycles. The van der Waals surface area contributed by atoms with E-state index in [1.54, 1.807) is 6.07 Å². The Morgan fingerprint density at radius 1 is 1.21 bits per heavy atom. The summed E-state index contributed by atoms with van der Waals surface area (Å²) in [5.74, 6) is -0.195. The minimum Gasteiger partial charge on any atom is -0.508 e. The maximum absolute atomic E-state index is 12.2. The Morgan fingerprint density at radius 3 is 2.84 bits per heavy atom. The summed E-state index contributed by atoms with van der Waals surface area (Å²) < 4.78 is 0. The van der Waals surface area contributed by atoms with Crippen LogP contribution in [0, 0.1) is 6.92 Å². The van der Waals surface area contributed by atoms with E-state index in [-0.39, 0.29) is 17.6 Å². The molecule has 3 heteroatoms. The van der Waals surface area contributed by atoms with E-state index >= 15 is 0 Å². The summed E-state index contributed by atoms with van der Waals surface area (Å²) in [4.78, 5) is 12.2. The second-order valence-corrected chi connectivity index (χ2v) is 4.97. The molecule has 19 heavy (non-hydrogen) atoms. The van der Waals surface area contributed by atoms with Crippen molar-refractivity contribution in [3.05, 3.63) is 59.2 Å². The highest BCUT2D eigenvalue weighted by atomic mass is 16.3. The summed E-state index contributed by atoms with van der Waals surface area (Å²) in [7, 11) is 0. The van der Waals surface area contributed by atoms with Gasteiger partial charge >= 0.3 is 0 Å². The molecule has 0 spiro atoms. The van der Waals surface area contributed by atoms with Crippen LogP contribution in [0.5, 0.6) is 5.75 Å². The van der Waals surface area contributed by atoms with Crippen molar-refractivity contribution in [3.8, 4) is 5.75 Å². The number of aromatic hydroxyl groups is 1. The lowest BCUT2D eigenvalue weighted by Gasteiger charge is -2.25. The number of nitrogens with one attached hydrogen (secondary N) is 1. The first-order chi connectivity index (χ1) is 9.15. The molecule has 0 aliphatic carbocycles. The summed E-state index contributed by atoms with van der Waals surface area (Å²) in [6, 6.07) is 13.2. The Hall–Kier alpha value is -2.29. The number of hydrogen-bond acceptors (Lipinski definition) is 2. The lowest BCUT2D eigenvalue weighted by atomic mass is 9.86. The fraction of sp³-hybridized carbons (Fsp3) is 0.188. The van der Waals surface area contributed by atoms with Crippen molar-refractivity contribution >= 4 is 11.6 Å². The third-order valence-electron chi connectivity index (χ3n) is 3.57. The summed E-state index contributed by atoms with van der Waals surface area (Å²) in [5.41, 5.74) is 3.72. The molecule has 2 aromatic carbocycles. The summed E-state index contributed by atoms with van der Waals surface area (Å²) in [6.45, 7) is 1.96. The van der Waals surface area contributed by atoms with E-state index in [1.807, 2.05) is 43.3 Å². The molecule has 0 bridgehead atoms. The van der Waals surface area contributed by atoms with Gasteiger partial charge in [-0.25, -0.2) is 0 Å². The third kappa shape index (κ3) is 2.08. The van der Waals surface area contributed by atoms with Gasteiger partial charge in [0.25, 0.3) is 0 Å². The average Bonchev–Trinajstić information content (AvgIpc) is 2.41. The van der Waals surface area contributed by atoms with Crippen molar-refractivity contribution in [2.45, 2.75) is 19.3 Å². The van der Waals surface area contributed by atoms with E-state index in [4.69, 9.17) is 0 Å². The molecule has 1 aliphatic heterocycles. The summed E-state index contributed by atoms with van der Waals surface area (Å²) in [5, 5.41) is 12.9.